The van der Waals surface area contributed by atoms with Crippen molar-refractivity contribution < 1.29 is 9.53 Å². The molecule has 0 saturated heterocycles. The molecule has 0 spiro atoms. The first-order valence-corrected chi connectivity index (χ1v) is 16.2. The second-order valence-corrected chi connectivity index (χ2v) is 20.3. The van der Waals surface area contributed by atoms with Gasteiger partial charge in [-0.3, -0.25) is 0 Å². The number of carbonyl (C=O) groups is 1. The largest absolute Gasteiger partial charge is 0.462 e. The zero-order chi connectivity index (χ0) is 18.3. The smallest absolute Gasteiger partial charge is 0.333 e. The maximum Gasteiger partial charge on any atom is 0.333 e. The van der Waals surface area contributed by atoms with Gasteiger partial charge in [-0.05, 0) is 19.4 Å². The summed E-state index contributed by atoms with van der Waals surface area (Å²) in [5.74, 6) is -0.255. The Morgan fingerprint density at radius 2 is 1.21 bits per heavy atom. The van der Waals surface area contributed by atoms with Gasteiger partial charge in [0.15, 0.2) is 0 Å². The van der Waals surface area contributed by atoms with Crippen LogP contribution in [0.2, 0.25) is 19.1 Å². The summed E-state index contributed by atoms with van der Waals surface area (Å²) in [6, 6.07) is 1.49. The second kappa shape index (κ2) is 15.4. The molecule has 0 heterocycles. The molecule has 2 nitrogen and oxygen atoms in total. The zero-order valence-corrected chi connectivity index (χ0v) is 19.5. The van der Waals surface area contributed by atoms with Crippen LogP contribution >= 0.6 is 21.8 Å². The highest BCUT2D eigenvalue weighted by Gasteiger charge is 2.14. The second-order valence-electron chi connectivity index (χ2n) is 7.63. The number of halogens is 1. The van der Waals surface area contributed by atoms with Crippen LogP contribution in [0.1, 0.15) is 84.0 Å². The van der Waals surface area contributed by atoms with Gasteiger partial charge in [-0.25, -0.2) is 4.79 Å². The summed E-state index contributed by atoms with van der Waals surface area (Å²) in [4.78, 5) is 11.2. The van der Waals surface area contributed by atoms with Gasteiger partial charge in [-0.15, -0.1) is 21.8 Å². The van der Waals surface area contributed by atoms with E-state index in [0.29, 0.717) is 12.2 Å². The van der Waals surface area contributed by atoms with Gasteiger partial charge < -0.3 is 4.74 Å². The van der Waals surface area contributed by atoms with Crippen molar-refractivity contribution in [3.8, 4) is 0 Å². The van der Waals surface area contributed by atoms with E-state index in [1.54, 1.807) is 6.92 Å². The van der Waals surface area contributed by atoms with Crippen molar-refractivity contribution in [1.29, 1.82) is 0 Å². The Labute approximate surface area is 164 Å². The topological polar surface area (TPSA) is 26.3 Å². The lowest BCUT2D eigenvalue weighted by Crippen LogP contribution is -2.13. The van der Waals surface area contributed by atoms with Gasteiger partial charge in [-0.1, -0.05) is 90.3 Å². The summed E-state index contributed by atoms with van der Waals surface area (Å²) in [6.07, 6.45) is 16.1. The molecule has 142 valence electrons. The first-order valence-electron chi connectivity index (χ1n) is 9.84. The Hall–Kier alpha value is 0.157. The van der Waals surface area contributed by atoms with E-state index in [1.807, 2.05) is 0 Å². The van der Waals surface area contributed by atoms with Gasteiger partial charge in [-0.2, -0.15) is 0 Å². The number of hydrogen-bond acceptors (Lipinski definition) is 2. The van der Waals surface area contributed by atoms with Gasteiger partial charge in [0.2, 0.25) is 0 Å². The molecule has 0 atom stereocenters. The molecule has 0 aromatic carbocycles. The third-order valence-corrected chi connectivity index (χ3v) is 7.41. The minimum absolute atomic E-state index is 0.255. The Morgan fingerprint density at radius 3 is 1.58 bits per heavy atom. The summed E-state index contributed by atoms with van der Waals surface area (Å²) in [7, 11) is 0. The summed E-state index contributed by atoms with van der Waals surface area (Å²) < 4.78 is 5.09. The summed E-state index contributed by atoms with van der Waals surface area (Å²) in [5.41, 5.74) is -0.338. The summed E-state index contributed by atoms with van der Waals surface area (Å²) >= 11 is 2.69. The lowest BCUT2D eigenvalue weighted by molar-refractivity contribution is -0.139. The van der Waals surface area contributed by atoms with Gasteiger partial charge in [0.1, 0.15) is 5.57 Å². The molecular formula is C20H39IO2Si. The summed E-state index contributed by atoms with van der Waals surface area (Å²) in [5, 5.41) is 0. The molecule has 0 radical (unpaired) electrons. The molecule has 0 aliphatic carbocycles. The third-order valence-electron chi connectivity index (χ3n) is 4.25. The van der Waals surface area contributed by atoms with Crippen LogP contribution in [0.4, 0.5) is 0 Å². The van der Waals surface area contributed by atoms with Crippen molar-refractivity contribution in [2.75, 3.05) is 6.61 Å². The fourth-order valence-electron chi connectivity index (χ4n) is 2.70. The molecule has 0 fully saturated rings. The number of carbonyl (C=O) groups excluding carboxylic acids is 1. The first-order chi connectivity index (χ1) is 11.3. The highest BCUT2D eigenvalue weighted by molar-refractivity contribution is 14.1. The van der Waals surface area contributed by atoms with E-state index >= 15 is 0 Å². The Morgan fingerprint density at radius 1 is 0.833 bits per heavy atom. The van der Waals surface area contributed by atoms with Crippen LogP contribution in [0.15, 0.2) is 12.2 Å². The SMILES string of the molecule is C=C(C)C(=O)OCCCCCCCCCCCCCC[Si](C)(C)I. The van der Waals surface area contributed by atoms with Gasteiger partial charge in [0, 0.05) is 5.57 Å². The summed E-state index contributed by atoms with van der Waals surface area (Å²) in [6.45, 7) is 10.7. The Bertz CT molecular complexity index is 337. The molecule has 4 heteroatoms. The molecule has 0 aliphatic rings. The number of esters is 1. The molecule has 0 saturated carbocycles. The van der Waals surface area contributed by atoms with E-state index in [-0.39, 0.29) is 5.97 Å². The van der Waals surface area contributed by atoms with Crippen LogP contribution < -0.4 is 0 Å². The molecule has 0 amide bonds. The van der Waals surface area contributed by atoms with Crippen molar-refractivity contribution >= 4 is 33.3 Å². The van der Waals surface area contributed by atoms with E-state index < -0.39 is 5.57 Å². The van der Waals surface area contributed by atoms with Crippen molar-refractivity contribution in [2.45, 2.75) is 103 Å². The van der Waals surface area contributed by atoms with Crippen LogP contribution in [-0.2, 0) is 9.53 Å². The fourth-order valence-corrected chi connectivity index (χ4v) is 4.94. The van der Waals surface area contributed by atoms with Gasteiger partial charge in [0.05, 0.1) is 6.61 Å². The van der Waals surface area contributed by atoms with Gasteiger partial charge >= 0.3 is 5.97 Å². The van der Waals surface area contributed by atoms with Crippen molar-refractivity contribution in [3.63, 3.8) is 0 Å². The van der Waals surface area contributed by atoms with Crippen molar-refractivity contribution in [3.05, 3.63) is 12.2 Å². The van der Waals surface area contributed by atoms with E-state index in [4.69, 9.17) is 4.74 Å². The number of hydrogen-bond donors (Lipinski definition) is 0. The molecule has 0 aromatic rings. The van der Waals surface area contributed by atoms with E-state index in [1.165, 1.54) is 76.7 Å². The van der Waals surface area contributed by atoms with Gasteiger partial charge in [0.25, 0.3) is 0 Å². The van der Waals surface area contributed by atoms with Crippen LogP contribution in [-0.4, -0.2) is 18.1 Å². The van der Waals surface area contributed by atoms with E-state index in [9.17, 15) is 4.79 Å². The first kappa shape index (κ1) is 24.2. The number of rotatable bonds is 16. The zero-order valence-electron chi connectivity index (χ0n) is 16.3. The quantitative estimate of drug-likeness (QED) is 0.0591. The molecule has 0 rings (SSSR count). The minimum Gasteiger partial charge on any atom is -0.462 e. The maximum atomic E-state index is 11.2. The highest BCUT2D eigenvalue weighted by Crippen LogP contribution is 2.21. The fraction of sp³-hybridized carbons (Fsp3) is 0.850. The minimum atomic E-state index is -0.829. The standard InChI is InChI=1S/C20H39IO2Si/c1-19(2)20(22)23-17-15-13-11-9-7-5-6-8-10-12-14-16-18-24(3,4)21/h1,5-18H2,2-4H3. The molecule has 0 aliphatic heterocycles. The molecule has 0 aromatic heterocycles. The van der Waals surface area contributed by atoms with Crippen LogP contribution in [0.3, 0.4) is 0 Å². The lowest BCUT2D eigenvalue weighted by atomic mass is 10.1. The number of unbranched alkanes of at least 4 members (excludes halogenated alkanes) is 11. The molecule has 0 unspecified atom stereocenters. The predicted molar refractivity (Wildman–Crippen MR) is 117 cm³/mol. The van der Waals surface area contributed by atoms with Crippen LogP contribution in [0, 0.1) is 0 Å². The van der Waals surface area contributed by atoms with E-state index in [2.05, 4.69) is 41.5 Å². The lowest BCUT2D eigenvalue weighted by Gasteiger charge is -2.12. The Kier molecular flexibility index (Phi) is 15.5. The van der Waals surface area contributed by atoms with Crippen molar-refractivity contribution in [1.82, 2.24) is 0 Å². The van der Waals surface area contributed by atoms with E-state index in [0.717, 1.165) is 6.42 Å². The van der Waals surface area contributed by atoms with Crippen LogP contribution in [0.25, 0.3) is 0 Å². The predicted octanol–water partition coefficient (Wildman–Crippen LogP) is 7.43. The average molecular weight is 467 g/mol. The molecular weight excluding hydrogens is 427 g/mol. The monoisotopic (exact) mass is 466 g/mol. The van der Waals surface area contributed by atoms with Crippen molar-refractivity contribution in [2.24, 2.45) is 0 Å². The molecule has 0 N–H and O–H groups in total. The average Bonchev–Trinajstić information content (AvgIpc) is 2.49. The molecule has 0 bridgehead atoms. The third kappa shape index (κ3) is 18.5. The number of ether oxygens (including phenoxy) is 1. The highest BCUT2D eigenvalue weighted by atomic mass is 127. The molecule has 24 heavy (non-hydrogen) atoms. The van der Waals surface area contributed by atoms with Crippen LogP contribution in [0.5, 0.6) is 0 Å². The Balaban J connectivity index is 3.13. The maximum absolute atomic E-state index is 11.2. The normalized spacial score (nSPS) is 11.5.